The summed E-state index contributed by atoms with van der Waals surface area (Å²) in [6.07, 6.45) is -5.74. The Bertz CT molecular complexity index is 461. The van der Waals surface area contributed by atoms with Crippen molar-refractivity contribution in [2.45, 2.75) is 49.4 Å². The van der Waals surface area contributed by atoms with Crippen LogP contribution in [-0.4, -0.2) is 48.5 Å². The minimum absolute atomic E-state index is 0.163. The number of carbonyl (C=O) groups is 1. The van der Waals surface area contributed by atoms with E-state index in [1.165, 1.54) is 6.92 Å². The lowest BCUT2D eigenvalue weighted by Gasteiger charge is -2.38. The molecule has 0 radical (unpaired) electrons. The van der Waals surface area contributed by atoms with Gasteiger partial charge in [0.25, 0.3) is 5.91 Å². The summed E-state index contributed by atoms with van der Waals surface area (Å²) in [5, 5.41) is 0.981. The molecule has 14 heteroatoms. The van der Waals surface area contributed by atoms with E-state index in [1.807, 2.05) is 0 Å². The van der Waals surface area contributed by atoms with Crippen LogP contribution in [0.2, 0.25) is 0 Å². The van der Waals surface area contributed by atoms with E-state index < -0.39 is 48.5 Å². The van der Waals surface area contributed by atoms with Gasteiger partial charge in [0.05, 0.1) is 0 Å². The van der Waals surface area contributed by atoms with Gasteiger partial charge in [-0.3, -0.25) is 4.79 Å². The molecule has 24 heavy (non-hydrogen) atoms. The van der Waals surface area contributed by atoms with Crippen molar-refractivity contribution in [2.24, 2.45) is 0 Å². The van der Waals surface area contributed by atoms with Crippen LogP contribution < -0.4 is 5.32 Å². The number of nitrogens with one attached hydrogen (secondary N) is 1. The summed E-state index contributed by atoms with van der Waals surface area (Å²) in [5.74, 6) is -39.5. The van der Waals surface area contributed by atoms with Gasteiger partial charge in [0, 0.05) is 6.54 Å². The van der Waals surface area contributed by atoms with Crippen molar-refractivity contribution in [3.63, 3.8) is 0 Å². The van der Waals surface area contributed by atoms with Gasteiger partial charge in [0.2, 0.25) is 0 Å². The highest BCUT2D eigenvalue weighted by atomic mass is 19.4. The number of carbonyl (C=O) groups excluding carboxylic acids is 1. The molecule has 0 aromatic heterocycles. The van der Waals surface area contributed by atoms with Gasteiger partial charge in [-0.15, -0.1) is 0 Å². The Balaban J connectivity index is 6.02. The summed E-state index contributed by atoms with van der Waals surface area (Å²) >= 11 is 0. The standard InChI is InChI=1S/C10H9F12NO/c1-2-3-23-5(24)7(15,16)9(19,20)10(21,22)8(17,18)6(13,14)4(11)12/h4H,2-3H2,1H3,(H,23,24). The van der Waals surface area contributed by atoms with Crippen molar-refractivity contribution in [3.8, 4) is 0 Å². The van der Waals surface area contributed by atoms with Crippen LogP contribution >= 0.6 is 0 Å². The van der Waals surface area contributed by atoms with E-state index in [1.54, 1.807) is 0 Å². The Morgan fingerprint density at radius 1 is 0.833 bits per heavy atom. The summed E-state index contributed by atoms with van der Waals surface area (Å²) < 4.78 is 153. The molecule has 0 aliphatic rings. The fourth-order valence-electron chi connectivity index (χ4n) is 1.23. The molecular weight excluding hydrogens is 378 g/mol. The zero-order valence-electron chi connectivity index (χ0n) is 11.4. The third-order valence-electron chi connectivity index (χ3n) is 2.70. The zero-order chi connectivity index (χ0) is 19.8. The second-order valence-corrected chi connectivity index (χ2v) is 4.48. The maximum Gasteiger partial charge on any atom is 0.392 e. The fraction of sp³-hybridized carbons (Fsp3) is 0.900. The van der Waals surface area contributed by atoms with Crippen LogP contribution in [0.3, 0.4) is 0 Å². The van der Waals surface area contributed by atoms with Gasteiger partial charge in [-0.25, -0.2) is 8.78 Å². The minimum atomic E-state index is -7.69. The average Bonchev–Trinajstić information content (AvgIpc) is 2.43. The average molecular weight is 387 g/mol. The molecule has 0 aliphatic carbocycles. The van der Waals surface area contributed by atoms with E-state index in [0.717, 1.165) is 5.32 Å². The first-order chi connectivity index (χ1) is 10.4. The zero-order valence-corrected chi connectivity index (χ0v) is 11.4. The molecule has 0 heterocycles. The number of hydrogen-bond donors (Lipinski definition) is 1. The van der Waals surface area contributed by atoms with E-state index in [-0.39, 0.29) is 6.42 Å². The van der Waals surface area contributed by atoms with Gasteiger partial charge >= 0.3 is 36.0 Å². The van der Waals surface area contributed by atoms with Gasteiger partial charge in [0.1, 0.15) is 0 Å². The quantitative estimate of drug-likeness (QED) is 0.628. The van der Waals surface area contributed by atoms with Crippen LogP contribution in [0, 0.1) is 0 Å². The normalized spacial score (nSPS) is 14.9. The van der Waals surface area contributed by atoms with E-state index in [2.05, 4.69) is 0 Å². The van der Waals surface area contributed by atoms with E-state index in [9.17, 15) is 57.5 Å². The molecule has 144 valence electrons. The Morgan fingerprint density at radius 2 is 1.25 bits per heavy atom. The largest absolute Gasteiger partial charge is 0.392 e. The third kappa shape index (κ3) is 3.10. The highest BCUT2D eigenvalue weighted by Gasteiger charge is 2.89. The van der Waals surface area contributed by atoms with Crippen LogP contribution in [0.5, 0.6) is 0 Å². The predicted octanol–water partition coefficient (Wildman–Crippen LogP) is 3.95. The Kier molecular flexibility index (Phi) is 6.13. The summed E-state index contributed by atoms with van der Waals surface area (Å²) in [4.78, 5) is 10.8. The van der Waals surface area contributed by atoms with E-state index in [0.29, 0.717) is 0 Å². The summed E-state index contributed by atoms with van der Waals surface area (Å²) in [5.41, 5.74) is 0. The molecule has 0 aromatic rings. The molecule has 1 amide bonds. The van der Waals surface area contributed by atoms with Crippen molar-refractivity contribution in [2.75, 3.05) is 6.54 Å². The molecule has 0 saturated heterocycles. The number of rotatable bonds is 8. The molecule has 0 saturated carbocycles. The van der Waals surface area contributed by atoms with Crippen LogP contribution in [0.25, 0.3) is 0 Å². The lowest BCUT2D eigenvalue weighted by molar-refractivity contribution is -0.407. The van der Waals surface area contributed by atoms with Crippen molar-refractivity contribution >= 4 is 5.91 Å². The first-order valence-electron chi connectivity index (χ1n) is 5.88. The fourth-order valence-corrected chi connectivity index (χ4v) is 1.23. The van der Waals surface area contributed by atoms with Gasteiger partial charge in [-0.05, 0) is 6.42 Å². The first-order valence-corrected chi connectivity index (χ1v) is 5.88. The summed E-state index contributed by atoms with van der Waals surface area (Å²) in [6.45, 7) is 0.447. The molecule has 0 rings (SSSR count). The van der Waals surface area contributed by atoms with Crippen LogP contribution in [0.1, 0.15) is 13.3 Å². The number of alkyl halides is 12. The van der Waals surface area contributed by atoms with Gasteiger partial charge in [0.15, 0.2) is 0 Å². The molecule has 0 atom stereocenters. The Morgan fingerprint density at radius 3 is 1.58 bits per heavy atom. The van der Waals surface area contributed by atoms with E-state index >= 15 is 0 Å². The number of halogens is 12. The lowest BCUT2D eigenvalue weighted by atomic mass is 9.94. The van der Waals surface area contributed by atoms with Crippen LogP contribution in [0.15, 0.2) is 0 Å². The lowest BCUT2D eigenvalue weighted by Crippen LogP contribution is -2.70. The molecule has 0 aliphatic heterocycles. The predicted molar refractivity (Wildman–Crippen MR) is 54.0 cm³/mol. The monoisotopic (exact) mass is 387 g/mol. The summed E-state index contributed by atoms with van der Waals surface area (Å²) in [6, 6.07) is 0. The van der Waals surface area contributed by atoms with Crippen molar-refractivity contribution in [3.05, 3.63) is 0 Å². The van der Waals surface area contributed by atoms with E-state index in [4.69, 9.17) is 0 Å². The van der Waals surface area contributed by atoms with Crippen LogP contribution in [0.4, 0.5) is 52.7 Å². The maximum atomic E-state index is 13.1. The second-order valence-electron chi connectivity index (χ2n) is 4.48. The molecule has 0 bridgehead atoms. The van der Waals surface area contributed by atoms with Crippen molar-refractivity contribution < 1.29 is 57.5 Å². The molecule has 0 unspecified atom stereocenters. The Labute approximate surface area is 126 Å². The number of amides is 1. The van der Waals surface area contributed by atoms with Crippen LogP contribution in [-0.2, 0) is 4.79 Å². The summed E-state index contributed by atoms with van der Waals surface area (Å²) in [7, 11) is 0. The van der Waals surface area contributed by atoms with Crippen molar-refractivity contribution in [1.29, 1.82) is 0 Å². The molecule has 0 fully saturated rings. The second kappa shape index (κ2) is 6.50. The topological polar surface area (TPSA) is 29.1 Å². The number of hydrogen-bond acceptors (Lipinski definition) is 1. The maximum absolute atomic E-state index is 13.1. The smallest absolute Gasteiger partial charge is 0.351 e. The molecular formula is C10H9F12NO. The highest BCUT2D eigenvalue weighted by Crippen LogP contribution is 2.58. The first kappa shape index (κ1) is 22.6. The van der Waals surface area contributed by atoms with Gasteiger partial charge in [-0.1, -0.05) is 6.92 Å². The molecule has 0 aromatic carbocycles. The third-order valence-corrected chi connectivity index (χ3v) is 2.70. The van der Waals surface area contributed by atoms with Gasteiger partial charge < -0.3 is 5.32 Å². The SMILES string of the molecule is CCCNC(=O)C(F)(F)C(F)(F)C(F)(F)C(F)(F)C(F)(F)C(F)F. The van der Waals surface area contributed by atoms with Crippen molar-refractivity contribution in [1.82, 2.24) is 5.32 Å². The molecule has 0 spiro atoms. The van der Waals surface area contributed by atoms with Gasteiger partial charge in [-0.2, -0.15) is 43.9 Å². The Hall–Kier alpha value is -1.37. The molecule has 1 N–H and O–H groups in total. The molecule has 2 nitrogen and oxygen atoms in total. The minimum Gasteiger partial charge on any atom is -0.351 e. The highest BCUT2D eigenvalue weighted by molar-refractivity contribution is 5.84.